The molecule has 144 valence electrons. The first-order valence-electron chi connectivity index (χ1n) is 9.56. The van der Waals surface area contributed by atoms with Gasteiger partial charge in [-0.2, -0.15) is 0 Å². The van der Waals surface area contributed by atoms with Crippen molar-refractivity contribution >= 4 is 43.8 Å². The largest absolute Gasteiger partial charge is 0.494 e. The lowest BCUT2D eigenvalue weighted by molar-refractivity contribution is -0.117. The van der Waals surface area contributed by atoms with Crippen LogP contribution in [0.25, 0.3) is 20.8 Å². The summed E-state index contributed by atoms with van der Waals surface area (Å²) in [7, 11) is 0. The second kappa shape index (κ2) is 7.56. The minimum absolute atomic E-state index is 0.227. The number of benzene rings is 1. The summed E-state index contributed by atoms with van der Waals surface area (Å²) in [6.45, 7) is 0.867. The fraction of sp³-hybridized carbons (Fsp3) is 0.333. The second-order valence-electron chi connectivity index (χ2n) is 6.91. The number of para-hydroxylation sites is 1. The van der Waals surface area contributed by atoms with Crippen molar-refractivity contribution in [1.82, 2.24) is 4.98 Å². The maximum absolute atomic E-state index is 12.7. The topological polar surface area (TPSA) is 60.5 Å². The molecule has 7 heteroatoms. The maximum atomic E-state index is 12.7. The van der Waals surface area contributed by atoms with Gasteiger partial charge in [0, 0.05) is 10.4 Å². The van der Waals surface area contributed by atoms with Crippen molar-refractivity contribution in [2.24, 2.45) is 0 Å². The highest BCUT2D eigenvalue weighted by Crippen LogP contribution is 2.45. The van der Waals surface area contributed by atoms with E-state index in [-0.39, 0.29) is 11.7 Å². The van der Waals surface area contributed by atoms with E-state index in [1.165, 1.54) is 36.0 Å². The molecule has 5 rings (SSSR count). The van der Waals surface area contributed by atoms with E-state index in [9.17, 15) is 4.79 Å². The minimum Gasteiger partial charge on any atom is -0.494 e. The molecule has 0 atom stereocenters. The summed E-state index contributed by atoms with van der Waals surface area (Å²) >= 11 is 3.37. The highest BCUT2D eigenvalue weighted by molar-refractivity contribution is 7.22. The average molecular weight is 413 g/mol. The molecule has 28 heavy (non-hydrogen) atoms. The number of fused-ring (bicyclic) bond motifs is 2. The molecular weight excluding hydrogens is 392 g/mol. The summed E-state index contributed by atoms with van der Waals surface area (Å²) in [6, 6.07) is 8.18. The van der Waals surface area contributed by atoms with Gasteiger partial charge in [0.15, 0.2) is 0 Å². The van der Waals surface area contributed by atoms with Crippen molar-refractivity contribution < 1.29 is 14.3 Å². The molecule has 0 unspecified atom stereocenters. The van der Waals surface area contributed by atoms with Crippen LogP contribution >= 0.6 is 22.7 Å². The van der Waals surface area contributed by atoms with Crippen molar-refractivity contribution in [3.63, 3.8) is 0 Å². The highest BCUT2D eigenvalue weighted by atomic mass is 32.1. The summed E-state index contributed by atoms with van der Waals surface area (Å²) in [4.78, 5) is 19.0. The first-order chi connectivity index (χ1) is 13.8. The van der Waals surface area contributed by atoms with Gasteiger partial charge in [-0.1, -0.05) is 18.6 Å². The third-order valence-electron chi connectivity index (χ3n) is 5.03. The Hall–Kier alpha value is -2.38. The summed E-state index contributed by atoms with van der Waals surface area (Å²) < 4.78 is 11.8. The number of rotatable bonds is 3. The Labute approximate surface area is 171 Å². The zero-order valence-electron chi connectivity index (χ0n) is 15.3. The van der Waals surface area contributed by atoms with Crippen LogP contribution in [0, 0.1) is 0 Å². The molecule has 0 fully saturated rings. The van der Waals surface area contributed by atoms with E-state index in [2.05, 4.69) is 11.4 Å². The molecule has 3 heterocycles. The van der Waals surface area contributed by atoms with Crippen LogP contribution in [0.15, 0.2) is 36.3 Å². The van der Waals surface area contributed by atoms with Gasteiger partial charge in [-0.25, -0.2) is 4.98 Å². The van der Waals surface area contributed by atoms with E-state index >= 15 is 0 Å². The first kappa shape index (κ1) is 17.7. The van der Waals surface area contributed by atoms with Crippen molar-refractivity contribution in [3.05, 3.63) is 46.7 Å². The Morgan fingerprint density at radius 1 is 1.07 bits per heavy atom. The molecular formula is C21H20N2O3S2. The van der Waals surface area contributed by atoms with Gasteiger partial charge >= 0.3 is 0 Å². The van der Waals surface area contributed by atoms with Crippen molar-refractivity contribution in [2.45, 2.75) is 32.1 Å². The SMILES string of the molecule is O=C(Nc1sc2c(c1-c1nc3ccccc3s1)CCCCC2)C1=COCCO1. The summed E-state index contributed by atoms with van der Waals surface area (Å²) in [5.41, 5.74) is 3.44. The standard InChI is InChI=1S/C21H20N2O3S2/c24-19(15-12-25-10-11-26-15)23-21-18(13-6-2-1-3-8-16(13)27-21)20-22-14-7-4-5-9-17(14)28-20/h4-5,7,9,12H,1-3,6,8,10-11H2,(H,23,24). The molecule has 1 aliphatic heterocycles. The van der Waals surface area contributed by atoms with Gasteiger partial charge in [0.2, 0.25) is 5.76 Å². The van der Waals surface area contributed by atoms with Gasteiger partial charge in [-0.3, -0.25) is 4.79 Å². The molecule has 1 amide bonds. The Bertz CT molecular complexity index is 1030. The highest BCUT2D eigenvalue weighted by Gasteiger charge is 2.26. The fourth-order valence-corrected chi connectivity index (χ4v) is 6.08. The number of carbonyl (C=O) groups excluding carboxylic acids is 1. The number of aromatic nitrogens is 1. The Balaban J connectivity index is 1.58. The average Bonchev–Trinajstić information content (AvgIpc) is 3.21. The molecule has 0 bridgehead atoms. The van der Waals surface area contributed by atoms with Crippen LogP contribution in [-0.2, 0) is 27.1 Å². The van der Waals surface area contributed by atoms with E-state index in [0.717, 1.165) is 38.6 Å². The first-order valence-corrected chi connectivity index (χ1v) is 11.2. The van der Waals surface area contributed by atoms with E-state index in [0.29, 0.717) is 13.2 Å². The van der Waals surface area contributed by atoms with Crippen LogP contribution < -0.4 is 5.32 Å². The van der Waals surface area contributed by atoms with E-state index in [1.54, 1.807) is 22.7 Å². The lowest BCUT2D eigenvalue weighted by Gasteiger charge is -2.15. The normalized spacial score (nSPS) is 16.5. The van der Waals surface area contributed by atoms with Gasteiger partial charge < -0.3 is 14.8 Å². The lowest BCUT2D eigenvalue weighted by atomic mass is 10.1. The number of ether oxygens (including phenoxy) is 2. The number of aryl methyl sites for hydroxylation is 1. The molecule has 2 aromatic heterocycles. The number of nitrogens with one attached hydrogen (secondary N) is 1. The number of thiazole rings is 1. The van der Waals surface area contributed by atoms with Crippen LogP contribution in [0.2, 0.25) is 0 Å². The van der Waals surface area contributed by atoms with Crippen LogP contribution in [0.5, 0.6) is 0 Å². The maximum Gasteiger partial charge on any atom is 0.294 e. The third kappa shape index (κ3) is 3.29. The van der Waals surface area contributed by atoms with E-state index in [4.69, 9.17) is 14.5 Å². The Kier molecular flexibility index (Phi) is 4.78. The molecule has 0 saturated carbocycles. The fourth-order valence-electron chi connectivity index (χ4n) is 3.69. The molecule has 1 aromatic carbocycles. The van der Waals surface area contributed by atoms with Gasteiger partial charge in [0.1, 0.15) is 29.5 Å². The van der Waals surface area contributed by atoms with Crippen molar-refractivity contribution in [3.8, 4) is 10.6 Å². The zero-order valence-corrected chi connectivity index (χ0v) is 17.0. The van der Waals surface area contributed by atoms with Gasteiger partial charge in [-0.15, -0.1) is 22.7 Å². The second-order valence-corrected chi connectivity index (χ2v) is 9.05. The molecule has 2 aliphatic rings. The predicted molar refractivity (Wildman–Crippen MR) is 113 cm³/mol. The van der Waals surface area contributed by atoms with Crippen LogP contribution in [0.1, 0.15) is 29.7 Å². The zero-order chi connectivity index (χ0) is 18.9. The number of hydrogen-bond acceptors (Lipinski definition) is 6. The van der Waals surface area contributed by atoms with E-state index in [1.807, 2.05) is 18.2 Å². The van der Waals surface area contributed by atoms with Crippen molar-refractivity contribution in [1.29, 1.82) is 0 Å². The van der Waals surface area contributed by atoms with E-state index < -0.39 is 0 Å². The monoisotopic (exact) mass is 412 g/mol. The lowest BCUT2D eigenvalue weighted by Crippen LogP contribution is -2.21. The Morgan fingerprint density at radius 2 is 1.96 bits per heavy atom. The molecule has 3 aromatic rings. The molecule has 0 radical (unpaired) electrons. The van der Waals surface area contributed by atoms with Gasteiger partial charge in [0.25, 0.3) is 5.91 Å². The summed E-state index contributed by atoms with van der Waals surface area (Å²) in [6.07, 6.45) is 7.12. The molecule has 0 saturated heterocycles. The van der Waals surface area contributed by atoms with Crippen LogP contribution in [0.3, 0.4) is 0 Å². The number of anilines is 1. The summed E-state index contributed by atoms with van der Waals surface area (Å²) in [5.74, 6) is -0.0384. The Morgan fingerprint density at radius 3 is 2.82 bits per heavy atom. The third-order valence-corrected chi connectivity index (χ3v) is 7.29. The number of carbonyl (C=O) groups is 1. The number of hydrogen-bond donors (Lipinski definition) is 1. The number of amides is 1. The van der Waals surface area contributed by atoms with Crippen molar-refractivity contribution in [2.75, 3.05) is 18.5 Å². The van der Waals surface area contributed by atoms with Crippen LogP contribution in [0.4, 0.5) is 5.00 Å². The number of nitrogens with zero attached hydrogens (tertiary/aromatic N) is 1. The quantitative estimate of drug-likeness (QED) is 0.607. The minimum atomic E-state index is -0.265. The predicted octanol–water partition coefficient (Wildman–Crippen LogP) is 5.12. The van der Waals surface area contributed by atoms with Crippen LogP contribution in [-0.4, -0.2) is 24.1 Å². The molecule has 5 nitrogen and oxygen atoms in total. The van der Waals surface area contributed by atoms with Gasteiger partial charge in [-0.05, 0) is 43.4 Å². The molecule has 1 aliphatic carbocycles. The smallest absolute Gasteiger partial charge is 0.294 e. The molecule has 0 spiro atoms. The van der Waals surface area contributed by atoms with Gasteiger partial charge in [0.05, 0.1) is 10.2 Å². The summed E-state index contributed by atoms with van der Waals surface area (Å²) in [5, 5.41) is 4.92. The molecule has 1 N–H and O–H groups in total. The number of thiophene rings is 1.